The molecule has 4 aromatic rings. The summed E-state index contributed by atoms with van der Waals surface area (Å²) in [5.74, 6) is -2.77. The molecular weight excluding hydrogens is 855 g/mol. The lowest BCUT2D eigenvalue weighted by Gasteiger charge is -2.30. The zero-order valence-electron chi connectivity index (χ0n) is 37.2. The summed E-state index contributed by atoms with van der Waals surface area (Å²) in [6, 6.07) is 21.0. The number of rotatable bonds is 17. The van der Waals surface area contributed by atoms with Crippen molar-refractivity contribution in [1.82, 2.24) is 35.5 Å². The molecule has 0 radical (unpaired) electrons. The van der Waals surface area contributed by atoms with Gasteiger partial charge in [-0.05, 0) is 65.6 Å². The van der Waals surface area contributed by atoms with E-state index in [1.807, 2.05) is 49.3 Å². The van der Waals surface area contributed by atoms with Gasteiger partial charge in [0.25, 0.3) is 15.9 Å². The third-order valence-electron chi connectivity index (χ3n) is 10.7. The number of likely N-dealkylation sites (N-methyl/N-ethyl adjacent to an activating group) is 1. The predicted molar refractivity (Wildman–Crippen MR) is 243 cm³/mol. The Labute approximate surface area is 378 Å². The minimum absolute atomic E-state index is 0.0317. The van der Waals surface area contributed by atoms with Gasteiger partial charge in [0.1, 0.15) is 40.8 Å². The van der Waals surface area contributed by atoms with Gasteiger partial charge < -0.3 is 40.0 Å². The number of sulfonamides is 1. The summed E-state index contributed by atoms with van der Waals surface area (Å²) in [7, 11) is 0.870. The van der Waals surface area contributed by atoms with E-state index in [4.69, 9.17) is 19.2 Å². The number of alkyl carbamates (subject to hydrolysis) is 1. The standard InChI is InChI=1S/C47H55N7O10S/c1-8-31-27-47(31,44(58)52-65(60,61)34-18-13-10-14-19-34)51-42(56)39-25-33(63-40-26-36(30-16-11-9-12-17-30)49-37-24-32(62-7)21-22-35(37)40)29-54(39)43(57)38(50-45(59)64-46(2,3)4)28-48-41(55)20-15-23-53(5)6/h8-22,24,26,31,33,38-39H,1,23,25,27-29H2,2-7H3,(H,48,55)(H,50,59)(H,51,56)(H,52,58)/b20-15+/t31-,33-,38?,39+,47-/m1/s1. The van der Waals surface area contributed by atoms with Crippen LogP contribution in [0.25, 0.3) is 22.2 Å². The summed E-state index contributed by atoms with van der Waals surface area (Å²) in [5.41, 5.74) is -0.728. The number of carbonyl (C=O) groups excluding carboxylic acids is 5. The van der Waals surface area contributed by atoms with Crippen molar-refractivity contribution in [2.24, 2.45) is 5.92 Å². The zero-order chi connectivity index (χ0) is 47.1. The number of likely N-dealkylation sites (tertiary alicyclic amines) is 1. The van der Waals surface area contributed by atoms with Gasteiger partial charge in [-0.2, -0.15) is 0 Å². The number of benzene rings is 3. The molecule has 1 unspecified atom stereocenters. The maximum atomic E-state index is 14.8. The number of nitrogens with zero attached hydrogens (tertiary/aromatic N) is 3. The Morgan fingerprint density at radius 3 is 2.32 bits per heavy atom. The highest BCUT2D eigenvalue weighted by Gasteiger charge is 2.61. The lowest BCUT2D eigenvalue weighted by atomic mass is 10.1. The topological polar surface area (TPSA) is 215 Å². The first kappa shape index (κ1) is 47.7. The van der Waals surface area contributed by atoms with E-state index in [2.05, 4.69) is 27.3 Å². The van der Waals surface area contributed by atoms with E-state index in [9.17, 15) is 32.4 Å². The SMILES string of the molecule is C=C[C@@H]1C[C@]1(NC(=O)[C@@H]1C[C@@H](Oc2cc(-c3ccccc3)nc3cc(OC)ccc23)CN1C(=O)C(CNC(=O)/C=C/CN(C)C)NC(=O)OC(C)(C)C)C(=O)NS(=O)(=O)c1ccccc1. The molecule has 1 aliphatic carbocycles. The summed E-state index contributed by atoms with van der Waals surface area (Å²) in [4.78, 5) is 77.3. The van der Waals surface area contributed by atoms with E-state index in [0.29, 0.717) is 34.6 Å². The number of aromatic nitrogens is 1. The molecule has 1 aliphatic heterocycles. The fraction of sp³-hybridized carbons (Fsp3) is 0.362. The van der Waals surface area contributed by atoms with Gasteiger partial charge in [0.05, 0.1) is 29.8 Å². The molecule has 1 saturated heterocycles. The first-order valence-corrected chi connectivity index (χ1v) is 22.5. The molecule has 2 fully saturated rings. The number of nitrogens with one attached hydrogen (secondary N) is 4. The minimum atomic E-state index is -4.34. The molecule has 1 saturated carbocycles. The number of fused-ring (bicyclic) bond motifs is 1. The summed E-state index contributed by atoms with van der Waals surface area (Å²) >= 11 is 0. The molecule has 0 spiro atoms. The van der Waals surface area contributed by atoms with Crippen molar-refractivity contribution in [2.75, 3.05) is 40.8 Å². The number of carbonyl (C=O) groups is 5. The fourth-order valence-corrected chi connectivity index (χ4v) is 8.46. The molecule has 344 valence electrons. The monoisotopic (exact) mass is 909 g/mol. The molecule has 2 aliphatic rings. The van der Waals surface area contributed by atoms with Crippen molar-refractivity contribution < 1.29 is 46.6 Å². The van der Waals surface area contributed by atoms with E-state index >= 15 is 0 Å². The number of pyridine rings is 1. The number of methoxy groups -OCH3 is 1. The highest BCUT2D eigenvalue weighted by molar-refractivity contribution is 7.90. The van der Waals surface area contributed by atoms with Crippen LogP contribution in [-0.4, -0.2) is 123 Å². The summed E-state index contributed by atoms with van der Waals surface area (Å²) < 4.78 is 46.3. The van der Waals surface area contributed by atoms with Crippen LogP contribution in [0.2, 0.25) is 0 Å². The normalized spacial score (nSPS) is 19.9. The van der Waals surface area contributed by atoms with Crippen LogP contribution in [0, 0.1) is 5.92 Å². The van der Waals surface area contributed by atoms with Crippen molar-refractivity contribution in [3.8, 4) is 22.8 Å². The van der Waals surface area contributed by atoms with Crippen LogP contribution in [-0.2, 0) is 33.9 Å². The van der Waals surface area contributed by atoms with Crippen LogP contribution in [0.1, 0.15) is 33.6 Å². The first-order chi connectivity index (χ1) is 30.8. The average Bonchev–Trinajstić information content (AvgIpc) is 3.83. The van der Waals surface area contributed by atoms with Gasteiger partial charge in [-0.3, -0.25) is 19.2 Å². The smallest absolute Gasteiger partial charge is 0.408 e. The lowest BCUT2D eigenvalue weighted by Crippen LogP contribution is -2.59. The van der Waals surface area contributed by atoms with E-state index in [1.165, 1.54) is 41.3 Å². The Balaban J connectivity index is 1.35. The molecule has 6 rings (SSSR count). The van der Waals surface area contributed by atoms with Gasteiger partial charge in [0.15, 0.2) is 0 Å². The van der Waals surface area contributed by atoms with Crippen LogP contribution in [0.15, 0.2) is 115 Å². The highest BCUT2D eigenvalue weighted by atomic mass is 32.2. The molecule has 5 amide bonds. The van der Waals surface area contributed by atoms with E-state index in [1.54, 1.807) is 64.3 Å². The Bertz CT molecular complexity index is 2570. The Morgan fingerprint density at radius 1 is 1.00 bits per heavy atom. The van der Waals surface area contributed by atoms with Crippen molar-refractivity contribution in [2.45, 2.75) is 67.8 Å². The maximum Gasteiger partial charge on any atom is 0.408 e. The average molecular weight is 910 g/mol. The molecule has 65 heavy (non-hydrogen) atoms. The Morgan fingerprint density at radius 2 is 1.69 bits per heavy atom. The van der Waals surface area contributed by atoms with Gasteiger partial charge >= 0.3 is 6.09 Å². The Hall–Kier alpha value is -6.79. The molecule has 18 heteroatoms. The van der Waals surface area contributed by atoms with Gasteiger partial charge in [0.2, 0.25) is 17.7 Å². The second-order valence-corrected chi connectivity index (χ2v) is 18.8. The first-order valence-electron chi connectivity index (χ1n) is 21.0. The van der Waals surface area contributed by atoms with E-state index in [-0.39, 0.29) is 30.8 Å². The van der Waals surface area contributed by atoms with Gasteiger partial charge in [-0.25, -0.2) is 22.9 Å². The molecule has 17 nitrogen and oxygen atoms in total. The third-order valence-corrected chi connectivity index (χ3v) is 12.1. The second-order valence-electron chi connectivity index (χ2n) is 17.1. The van der Waals surface area contributed by atoms with E-state index < -0.39 is 75.0 Å². The summed E-state index contributed by atoms with van der Waals surface area (Å²) in [6.07, 6.45) is 2.51. The van der Waals surface area contributed by atoms with Crippen molar-refractivity contribution >= 4 is 50.6 Å². The number of amides is 5. The Kier molecular flexibility index (Phi) is 14.6. The third kappa shape index (κ3) is 11.9. The van der Waals surface area contributed by atoms with Gasteiger partial charge in [-0.1, -0.05) is 60.7 Å². The molecule has 3 aromatic carbocycles. The molecule has 5 atom stereocenters. The summed E-state index contributed by atoms with van der Waals surface area (Å²) in [5, 5.41) is 8.60. The molecule has 4 N–H and O–H groups in total. The highest BCUT2D eigenvalue weighted by Crippen LogP contribution is 2.45. The minimum Gasteiger partial charge on any atom is -0.497 e. The maximum absolute atomic E-state index is 14.8. The lowest BCUT2D eigenvalue weighted by molar-refractivity contribution is -0.141. The quantitative estimate of drug-likeness (QED) is 0.0876. The van der Waals surface area contributed by atoms with Crippen molar-refractivity contribution in [1.29, 1.82) is 0 Å². The predicted octanol–water partition coefficient (Wildman–Crippen LogP) is 3.95. The van der Waals surface area contributed by atoms with Crippen LogP contribution in [0.4, 0.5) is 4.79 Å². The summed E-state index contributed by atoms with van der Waals surface area (Å²) in [6.45, 7) is 8.63. The molecular formula is C47H55N7O10S. The van der Waals surface area contributed by atoms with Crippen molar-refractivity contribution in [3.63, 3.8) is 0 Å². The number of hydrogen-bond acceptors (Lipinski definition) is 12. The van der Waals surface area contributed by atoms with Crippen molar-refractivity contribution in [3.05, 3.63) is 110 Å². The van der Waals surface area contributed by atoms with Crippen LogP contribution in [0.3, 0.4) is 0 Å². The van der Waals surface area contributed by atoms with Gasteiger partial charge in [-0.15, -0.1) is 6.58 Å². The molecule has 1 aromatic heterocycles. The largest absolute Gasteiger partial charge is 0.497 e. The van der Waals surface area contributed by atoms with Crippen LogP contribution in [0.5, 0.6) is 11.5 Å². The van der Waals surface area contributed by atoms with Gasteiger partial charge in [0, 0.05) is 54.6 Å². The zero-order valence-corrected chi connectivity index (χ0v) is 38.0. The number of ether oxygens (including phenoxy) is 3. The van der Waals surface area contributed by atoms with Crippen LogP contribution >= 0.6 is 0 Å². The molecule has 2 heterocycles. The molecule has 0 bridgehead atoms. The van der Waals surface area contributed by atoms with E-state index in [0.717, 1.165) is 5.56 Å². The number of hydrogen-bond donors (Lipinski definition) is 4. The van der Waals surface area contributed by atoms with Crippen LogP contribution < -0.4 is 30.1 Å². The second kappa shape index (κ2) is 19.9. The fourth-order valence-electron chi connectivity index (χ4n) is 7.40.